The number of hydrogen-bond donors (Lipinski definition) is 0. The van der Waals surface area contributed by atoms with Gasteiger partial charge in [-0.05, 0) is 37.0 Å². The lowest BCUT2D eigenvalue weighted by molar-refractivity contribution is 0.690. The Morgan fingerprint density at radius 2 is 1.50 bits per heavy atom. The molecule has 2 heterocycles. The molecular formula is C10H12NPS2. The standard InChI is InChI=1S/C10H12NPS2/c1-11(2)12(9-5-3-7-13-9)10-6-4-8-14-10/h3-8H,1-2H3. The molecule has 0 aliphatic rings. The molecule has 0 spiro atoms. The molecule has 0 aliphatic heterocycles. The van der Waals surface area contributed by atoms with Crippen LogP contribution in [0.15, 0.2) is 35.0 Å². The maximum absolute atomic E-state index is 2.33. The smallest absolute Gasteiger partial charge is 0.0484 e. The van der Waals surface area contributed by atoms with Crippen LogP contribution in [0.4, 0.5) is 0 Å². The molecule has 2 rings (SSSR count). The van der Waals surface area contributed by atoms with Crippen LogP contribution in [0.3, 0.4) is 0 Å². The van der Waals surface area contributed by atoms with Crippen LogP contribution >= 0.6 is 30.7 Å². The first-order chi connectivity index (χ1) is 6.79. The van der Waals surface area contributed by atoms with E-state index in [0.717, 1.165) is 0 Å². The summed E-state index contributed by atoms with van der Waals surface area (Å²) in [4.78, 5) is 0. The van der Waals surface area contributed by atoms with Crippen LogP contribution in [0.5, 0.6) is 0 Å². The maximum atomic E-state index is 2.33. The predicted molar refractivity (Wildman–Crippen MR) is 68.5 cm³/mol. The Morgan fingerprint density at radius 1 is 1.00 bits per heavy atom. The van der Waals surface area contributed by atoms with E-state index in [4.69, 9.17) is 0 Å². The quantitative estimate of drug-likeness (QED) is 0.747. The van der Waals surface area contributed by atoms with Crippen LogP contribution in [-0.4, -0.2) is 18.8 Å². The van der Waals surface area contributed by atoms with E-state index in [9.17, 15) is 0 Å². The third kappa shape index (κ3) is 2.06. The van der Waals surface area contributed by atoms with E-state index in [1.807, 2.05) is 22.7 Å². The summed E-state index contributed by atoms with van der Waals surface area (Å²) < 4.78 is 5.28. The van der Waals surface area contributed by atoms with Crippen molar-refractivity contribution in [3.05, 3.63) is 35.0 Å². The minimum Gasteiger partial charge on any atom is -0.280 e. The highest BCUT2D eigenvalue weighted by atomic mass is 32.1. The van der Waals surface area contributed by atoms with Crippen molar-refractivity contribution in [2.45, 2.75) is 0 Å². The van der Waals surface area contributed by atoms with E-state index < -0.39 is 0 Å². The van der Waals surface area contributed by atoms with Gasteiger partial charge in [0.05, 0.1) is 0 Å². The molecule has 74 valence electrons. The summed E-state index contributed by atoms with van der Waals surface area (Å²) in [6.45, 7) is 0. The monoisotopic (exact) mass is 241 g/mol. The van der Waals surface area contributed by atoms with E-state index in [2.05, 4.69) is 53.8 Å². The fraction of sp³-hybridized carbons (Fsp3) is 0.200. The average molecular weight is 241 g/mol. The van der Waals surface area contributed by atoms with Gasteiger partial charge in [0, 0.05) is 17.3 Å². The first-order valence-electron chi connectivity index (χ1n) is 4.33. The van der Waals surface area contributed by atoms with Crippen molar-refractivity contribution in [2.75, 3.05) is 14.1 Å². The lowest BCUT2D eigenvalue weighted by Gasteiger charge is -2.21. The van der Waals surface area contributed by atoms with Crippen molar-refractivity contribution >= 4 is 40.0 Å². The molecule has 14 heavy (non-hydrogen) atoms. The van der Waals surface area contributed by atoms with Crippen molar-refractivity contribution in [3.63, 3.8) is 0 Å². The topological polar surface area (TPSA) is 3.24 Å². The summed E-state index contributed by atoms with van der Waals surface area (Å²) in [6.07, 6.45) is 0. The van der Waals surface area contributed by atoms with Crippen molar-refractivity contribution in [1.29, 1.82) is 0 Å². The normalized spacial score (nSPS) is 11.4. The number of hydrogen-bond acceptors (Lipinski definition) is 3. The third-order valence-corrected chi connectivity index (χ3v) is 6.77. The Bertz CT molecular complexity index is 332. The summed E-state index contributed by atoms with van der Waals surface area (Å²) >= 11 is 3.70. The zero-order valence-electron chi connectivity index (χ0n) is 8.18. The molecule has 0 aliphatic carbocycles. The summed E-state index contributed by atoms with van der Waals surface area (Å²) in [5, 5.41) is 4.31. The zero-order valence-corrected chi connectivity index (χ0v) is 10.7. The zero-order chi connectivity index (χ0) is 9.97. The second-order valence-corrected chi connectivity index (χ2v) is 7.95. The molecule has 0 bridgehead atoms. The highest BCUT2D eigenvalue weighted by Crippen LogP contribution is 2.38. The molecule has 2 aromatic heterocycles. The molecule has 0 saturated heterocycles. The van der Waals surface area contributed by atoms with Gasteiger partial charge in [-0.25, -0.2) is 0 Å². The number of thiophene rings is 2. The van der Waals surface area contributed by atoms with E-state index in [-0.39, 0.29) is 8.07 Å². The molecular weight excluding hydrogens is 229 g/mol. The Morgan fingerprint density at radius 3 is 1.79 bits per heavy atom. The van der Waals surface area contributed by atoms with Crippen LogP contribution in [-0.2, 0) is 0 Å². The average Bonchev–Trinajstić information content (AvgIpc) is 2.75. The molecule has 0 fully saturated rings. The highest BCUT2D eigenvalue weighted by molar-refractivity contribution is 7.80. The summed E-state index contributed by atoms with van der Waals surface area (Å²) in [5.74, 6) is 0. The van der Waals surface area contributed by atoms with Crippen LogP contribution in [0.2, 0.25) is 0 Å². The van der Waals surface area contributed by atoms with Gasteiger partial charge in [-0.15, -0.1) is 22.7 Å². The molecule has 2 aromatic rings. The van der Waals surface area contributed by atoms with Gasteiger partial charge in [0.15, 0.2) is 0 Å². The van der Waals surface area contributed by atoms with Gasteiger partial charge in [0.2, 0.25) is 0 Å². The molecule has 1 nitrogen and oxygen atoms in total. The first-order valence-corrected chi connectivity index (χ1v) is 7.39. The number of nitrogens with zero attached hydrogens (tertiary/aromatic N) is 1. The first kappa shape index (κ1) is 10.3. The van der Waals surface area contributed by atoms with Crippen molar-refractivity contribution in [1.82, 2.24) is 4.67 Å². The Kier molecular flexibility index (Phi) is 3.34. The van der Waals surface area contributed by atoms with E-state index in [1.54, 1.807) is 0 Å². The SMILES string of the molecule is CN(C)P(c1cccs1)c1cccs1. The lowest BCUT2D eigenvalue weighted by Crippen LogP contribution is -2.18. The fourth-order valence-electron chi connectivity index (χ4n) is 1.28. The van der Waals surface area contributed by atoms with E-state index in [1.165, 1.54) is 9.24 Å². The van der Waals surface area contributed by atoms with Gasteiger partial charge in [-0.3, -0.25) is 4.67 Å². The summed E-state index contributed by atoms with van der Waals surface area (Å²) in [6, 6.07) is 8.73. The molecule has 0 radical (unpaired) electrons. The lowest BCUT2D eigenvalue weighted by atomic mass is 10.7. The van der Waals surface area contributed by atoms with Gasteiger partial charge in [-0.1, -0.05) is 12.1 Å². The van der Waals surface area contributed by atoms with Gasteiger partial charge in [-0.2, -0.15) is 0 Å². The van der Waals surface area contributed by atoms with E-state index >= 15 is 0 Å². The highest BCUT2D eigenvalue weighted by Gasteiger charge is 2.17. The molecule has 4 heteroatoms. The summed E-state index contributed by atoms with van der Waals surface area (Å²) in [5.41, 5.74) is 0. The van der Waals surface area contributed by atoms with Crippen LogP contribution in [0, 0.1) is 0 Å². The Labute approximate surface area is 93.8 Å². The molecule has 0 unspecified atom stereocenters. The molecule has 0 saturated carbocycles. The van der Waals surface area contributed by atoms with Crippen LogP contribution in [0.25, 0.3) is 0 Å². The minimum atomic E-state index is -0.265. The number of rotatable bonds is 3. The van der Waals surface area contributed by atoms with E-state index in [0.29, 0.717) is 0 Å². The van der Waals surface area contributed by atoms with Gasteiger partial charge in [0.1, 0.15) is 0 Å². The second kappa shape index (κ2) is 4.54. The predicted octanol–water partition coefficient (Wildman–Crippen LogP) is 2.72. The van der Waals surface area contributed by atoms with Gasteiger partial charge in [0.25, 0.3) is 0 Å². The molecule has 0 N–H and O–H groups in total. The fourth-order valence-corrected chi connectivity index (χ4v) is 6.56. The van der Waals surface area contributed by atoms with Gasteiger partial charge >= 0.3 is 0 Å². The van der Waals surface area contributed by atoms with Crippen molar-refractivity contribution < 1.29 is 0 Å². The second-order valence-electron chi connectivity index (χ2n) is 3.06. The largest absolute Gasteiger partial charge is 0.280 e. The molecule has 0 atom stereocenters. The molecule has 0 aromatic carbocycles. The maximum Gasteiger partial charge on any atom is 0.0484 e. The van der Waals surface area contributed by atoms with Gasteiger partial charge < -0.3 is 0 Å². The third-order valence-electron chi connectivity index (χ3n) is 1.83. The van der Waals surface area contributed by atoms with Crippen LogP contribution in [0.1, 0.15) is 0 Å². The minimum absolute atomic E-state index is 0.265. The Balaban J connectivity index is 2.35. The van der Waals surface area contributed by atoms with Crippen molar-refractivity contribution in [3.8, 4) is 0 Å². The molecule has 0 amide bonds. The Hall–Kier alpha value is -0.210. The van der Waals surface area contributed by atoms with Crippen LogP contribution < -0.4 is 9.24 Å². The van der Waals surface area contributed by atoms with Crippen molar-refractivity contribution in [2.24, 2.45) is 0 Å². The summed E-state index contributed by atoms with van der Waals surface area (Å²) in [7, 11) is 4.05.